The summed E-state index contributed by atoms with van der Waals surface area (Å²) in [5, 5.41) is 9.19. The summed E-state index contributed by atoms with van der Waals surface area (Å²) in [4.78, 5) is 10.5. The summed E-state index contributed by atoms with van der Waals surface area (Å²) in [7, 11) is 0. The van der Waals surface area contributed by atoms with Gasteiger partial charge in [0, 0.05) is 12.3 Å². The second kappa shape index (κ2) is 2.31. The first-order valence-electron chi connectivity index (χ1n) is 2.79. The van der Waals surface area contributed by atoms with E-state index in [1.807, 2.05) is 0 Å². The number of alkyl halides is 1. The molecule has 52 valence electrons. The van der Waals surface area contributed by atoms with Crippen LogP contribution in [0.4, 0.5) is 4.39 Å². The maximum Gasteiger partial charge on any atom is 0.246 e. The lowest BCUT2D eigenvalue weighted by molar-refractivity contribution is -0.157. The average Bonchev–Trinajstić information content (AvgIpc) is 2.13. The third kappa shape index (κ3) is 1.18. The Morgan fingerprint density at radius 1 is 1.89 bits per heavy atom. The number of halogens is 1. The highest BCUT2D eigenvalue weighted by atomic mass is 19.1. The van der Waals surface area contributed by atoms with Crippen molar-refractivity contribution in [2.45, 2.75) is 6.42 Å². The van der Waals surface area contributed by atoms with E-state index >= 15 is 0 Å². The van der Waals surface area contributed by atoms with Crippen molar-refractivity contribution in [2.75, 3.05) is 13.2 Å². The van der Waals surface area contributed by atoms with Crippen LogP contribution in [0.15, 0.2) is 0 Å². The van der Waals surface area contributed by atoms with E-state index in [1.165, 1.54) is 0 Å². The van der Waals surface area contributed by atoms with Crippen molar-refractivity contribution in [1.82, 2.24) is 5.06 Å². The third-order valence-corrected chi connectivity index (χ3v) is 1.40. The number of amides is 1. The number of hydrogen-bond acceptors (Lipinski definition) is 2. The normalized spacial score (nSPS) is 27.6. The molecule has 0 spiro atoms. The Labute approximate surface area is 52.0 Å². The standard InChI is InChI=1S/C5H8FNO2/c6-2-4-1-5(8)7(9)3-4/h4,9H,1-3H2. The fraction of sp³-hybridized carbons (Fsp3) is 0.800. The summed E-state index contributed by atoms with van der Waals surface area (Å²) < 4.78 is 11.8. The molecule has 0 radical (unpaired) electrons. The SMILES string of the molecule is O=C1CC(CF)CN1O. The van der Waals surface area contributed by atoms with Gasteiger partial charge in [0.05, 0.1) is 13.2 Å². The molecular formula is C5H8FNO2. The number of hydrogen-bond donors (Lipinski definition) is 1. The molecule has 1 rings (SSSR count). The highest BCUT2D eigenvalue weighted by Crippen LogP contribution is 2.15. The lowest BCUT2D eigenvalue weighted by Crippen LogP contribution is -2.20. The van der Waals surface area contributed by atoms with Crippen molar-refractivity contribution < 1.29 is 14.4 Å². The second-order valence-electron chi connectivity index (χ2n) is 2.20. The Kier molecular flexibility index (Phi) is 1.66. The molecular weight excluding hydrogens is 125 g/mol. The van der Waals surface area contributed by atoms with Crippen LogP contribution in [0, 0.1) is 5.92 Å². The monoisotopic (exact) mass is 133 g/mol. The van der Waals surface area contributed by atoms with Crippen LogP contribution in [-0.4, -0.2) is 29.4 Å². The summed E-state index contributed by atoms with van der Waals surface area (Å²) >= 11 is 0. The first kappa shape index (κ1) is 6.48. The van der Waals surface area contributed by atoms with Gasteiger partial charge in [-0.1, -0.05) is 0 Å². The van der Waals surface area contributed by atoms with Gasteiger partial charge < -0.3 is 0 Å². The molecule has 1 amide bonds. The van der Waals surface area contributed by atoms with Crippen LogP contribution in [0.1, 0.15) is 6.42 Å². The third-order valence-electron chi connectivity index (χ3n) is 1.40. The molecule has 0 bridgehead atoms. The van der Waals surface area contributed by atoms with E-state index in [0.717, 1.165) is 0 Å². The lowest BCUT2D eigenvalue weighted by atomic mass is 10.1. The quantitative estimate of drug-likeness (QED) is 0.519. The lowest BCUT2D eigenvalue weighted by Gasteiger charge is -2.03. The van der Waals surface area contributed by atoms with Crippen LogP contribution >= 0.6 is 0 Å². The zero-order valence-corrected chi connectivity index (χ0v) is 4.88. The molecule has 1 heterocycles. The molecule has 3 nitrogen and oxygen atoms in total. The van der Waals surface area contributed by atoms with Crippen LogP contribution in [0.5, 0.6) is 0 Å². The van der Waals surface area contributed by atoms with Crippen molar-refractivity contribution >= 4 is 5.91 Å². The Balaban J connectivity index is 2.44. The average molecular weight is 133 g/mol. The molecule has 1 unspecified atom stereocenters. The van der Waals surface area contributed by atoms with E-state index in [2.05, 4.69) is 0 Å². The Morgan fingerprint density at radius 3 is 2.78 bits per heavy atom. The molecule has 1 saturated heterocycles. The van der Waals surface area contributed by atoms with Gasteiger partial charge in [-0.3, -0.25) is 14.4 Å². The van der Waals surface area contributed by atoms with E-state index in [0.29, 0.717) is 5.06 Å². The number of carbonyl (C=O) groups is 1. The second-order valence-corrected chi connectivity index (χ2v) is 2.20. The topological polar surface area (TPSA) is 40.5 Å². The van der Waals surface area contributed by atoms with Crippen LogP contribution in [0.25, 0.3) is 0 Å². The fourth-order valence-corrected chi connectivity index (χ4v) is 0.867. The van der Waals surface area contributed by atoms with Crippen molar-refractivity contribution in [1.29, 1.82) is 0 Å². The van der Waals surface area contributed by atoms with Gasteiger partial charge >= 0.3 is 0 Å². The molecule has 0 saturated carbocycles. The van der Waals surface area contributed by atoms with Gasteiger partial charge in [-0.15, -0.1) is 0 Å². The molecule has 1 atom stereocenters. The van der Waals surface area contributed by atoms with Crippen molar-refractivity contribution in [3.05, 3.63) is 0 Å². The fourth-order valence-electron chi connectivity index (χ4n) is 0.867. The van der Waals surface area contributed by atoms with Gasteiger partial charge in [-0.05, 0) is 0 Å². The first-order valence-corrected chi connectivity index (χ1v) is 2.79. The molecule has 1 aliphatic heterocycles. The highest BCUT2D eigenvalue weighted by Gasteiger charge is 2.27. The minimum absolute atomic E-state index is 0.146. The highest BCUT2D eigenvalue weighted by molar-refractivity contribution is 5.77. The molecule has 4 heteroatoms. The predicted molar refractivity (Wildman–Crippen MR) is 27.6 cm³/mol. The van der Waals surface area contributed by atoms with Crippen molar-refractivity contribution in [3.8, 4) is 0 Å². The van der Waals surface area contributed by atoms with E-state index in [1.54, 1.807) is 0 Å². The Morgan fingerprint density at radius 2 is 2.56 bits per heavy atom. The Hall–Kier alpha value is -0.640. The molecule has 0 aromatic carbocycles. The minimum atomic E-state index is -0.525. The summed E-state index contributed by atoms with van der Waals surface area (Å²) in [5.74, 6) is -0.667. The van der Waals surface area contributed by atoms with Gasteiger partial charge in [-0.2, -0.15) is 0 Å². The van der Waals surface area contributed by atoms with Crippen molar-refractivity contribution in [3.63, 3.8) is 0 Å². The molecule has 0 aromatic heterocycles. The van der Waals surface area contributed by atoms with Gasteiger partial charge in [-0.25, -0.2) is 5.06 Å². The van der Waals surface area contributed by atoms with Crippen LogP contribution < -0.4 is 0 Å². The zero-order valence-electron chi connectivity index (χ0n) is 4.88. The number of rotatable bonds is 1. The smallest absolute Gasteiger partial charge is 0.246 e. The largest absolute Gasteiger partial charge is 0.286 e. The number of nitrogens with zero attached hydrogens (tertiary/aromatic N) is 1. The zero-order chi connectivity index (χ0) is 6.85. The van der Waals surface area contributed by atoms with E-state index in [4.69, 9.17) is 5.21 Å². The van der Waals surface area contributed by atoms with Crippen LogP contribution in [0.3, 0.4) is 0 Å². The molecule has 1 fully saturated rings. The van der Waals surface area contributed by atoms with E-state index in [9.17, 15) is 9.18 Å². The molecule has 1 N–H and O–H groups in total. The summed E-state index contributed by atoms with van der Waals surface area (Å²) in [6.07, 6.45) is 0.146. The molecule has 1 aliphatic rings. The maximum atomic E-state index is 11.8. The van der Waals surface area contributed by atoms with E-state index < -0.39 is 6.67 Å². The molecule has 9 heavy (non-hydrogen) atoms. The summed E-state index contributed by atoms with van der Waals surface area (Å²) in [6.45, 7) is -0.377. The minimum Gasteiger partial charge on any atom is -0.286 e. The Bertz CT molecular complexity index is 128. The number of carbonyl (C=O) groups excluding carboxylic acids is 1. The van der Waals surface area contributed by atoms with Crippen molar-refractivity contribution in [2.24, 2.45) is 5.92 Å². The van der Waals surface area contributed by atoms with Gasteiger partial charge in [0.2, 0.25) is 5.91 Å². The summed E-state index contributed by atoms with van der Waals surface area (Å²) in [6, 6.07) is 0. The van der Waals surface area contributed by atoms with Gasteiger partial charge in [0.25, 0.3) is 0 Å². The van der Waals surface area contributed by atoms with Crippen LogP contribution in [-0.2, 0) is 4.79 Å². The van der Waals surface area contributed by atoms with Gasteiger partial charge in [0.15, 0.2) is 0 Å². The number of hydroxylamine groups is 2. The van der Waals surface area contributed by atoms with Crippen LogP contribution in [0.2, 0.25) is 0 Å². The van der Waals surface area contributed by atoms with E-state index in [-0.39, 0.29) is 24.8 Å². The first-order chi connectivity index (χ1) is 4.24. The molecule has 0 aromatic rings. The summed E-state index contributed by atoms with van der Waals surface area (Å²) in [5.41, 5.74) is 0. The van der Waals surface area contributed by atoms with Gasteiger partial charge in [0.1, 0.15) is 0 Å². The predicted octanol–water partition coefficient (Wildman–Crippen LogP) is 0.194. The molecule has 0 aliphatic carbocycles. The maximum absolute atomic E-state index is 11.8.